The molecule has 4 nitrogen and oxygen atoms in total. The zero-order valence-electron chi connectivity index (χ0n) is 9.17. The van der Waals surface area contributed by atoms with Crippen molar-refractivity contribution in [1.29, 1.82) is 0 Å². The average molecular weight is 301 g/mol. The van der Waals surface area contributed by atoms with Gasteiger partial charge < -0.3 is 14.2 Å². The zero-order valence-corrected chi connectivity index (χ0v) is 10.8. The maximum absolute atomic E-state index is 10.1. The van der Waals surface area contributed by atoms with Crippen molar-refractivity contribution in [3.63, 3.8) is 0 Å². The van der Waals surface area contributed by atoms with E-state index >= 15 is 0 Å². The number of benzene rings is 1. The number of hydrogen-bond acceptors (Lipinski definition) is 4. The number of halogens is 1. The molecule has 1 fully saturated rings. The highest BCUT2D eigenvalue weighted by atomic mass is 79.9. The molecule has 0 aliphatic carbocycles. The molecule has 0 N–H and O–H groups in total. The Labute approximate surface area is 108 Å². The summed E-state index contributed by atoms with van der Waals surface area (Å²) in [7, 11) is 0. The molecule has 1 aliphatic heterocycles. The number of carbonyl (C=O) groups is 1. The van der Waals surface area contributed by atoms with Crippen LogP contribution in [0.4, 0.5) is 0 Å². The number of hydrogen-bond donors (Lipinski definition) is 0. The molecule has 0 aromatic heterocycles. The third-order valence-electron chi connectivity index (χ3n) is 2.60. The highest BCUT2D eigenvalue weighted by molar-refractivity contribution is 9.09. The molecule has 1 saturated heterocycles. The van der Waals surface area contributed by atoms with Gasteiger partial charge in [-0.15, -0.1) is 0 Å². The number of alkyl halides is 1. The molecule has 0 radical (unpaired) electrons. The van der Waals surface area contributed by atoms with Gasteiger partial charge in [-0.3, -0.25) is 4.79 Å². The molecule has 0 unspecified atom stereocenters. The second kappa shape index (κ2) is 5.62. The molecule has 2 rings (SSSR count). The van der Waals surface area contributed by atoms with Gasteiger partial charge in [0.1, 0.15) is 12.7 Å². The van der Waals surface area contributed by atoms with Crippen molar-refractivity contribution in [1.82, 2.24) is 0 Å². The van der Waals surface area contributed by atoms with E-state index in [1.807, 2.05) is 30.3 Å². The van der Waals surface area contributed by atoms with Gasteiger partial charge >= 0.3 is 0 Å². The molecule has 1 heterocycles. The van der Waals surface area contributed by atoms with Gasteiger partial charge in [-0.2, -0.15) is 0 Å². The third-order valence-corrected chi connectivity index (χ3v) is 3.34. The van der Waals surface area contributed by atoms with Crippen molar-refractivity contribution in [2.75, 3.05) is 18.5 Å². The molecule has 0 amide bonds. The number of carbonyl (C=O) groups excluding carboxylic acids is 1. The van der Waals surface area contributed by atoms with E-state index in [-0.39, 0.29) is 12.7 Å². The Morgan fingerprint density at radius 1 is 1.47 bits per heavy atom. The summed E-state index contributed by atoms with van der Waals surface area (Å²) in [4.78, 5) is 10.1. The molecule has 1 aromatic rings. The van der Waals surface area contributed by atoms with Gasteiger partial charge in [0.05, 0.1) is 11.9 Å². The van der Waals surface area contributed by atoms with Crippen LogP contribution in [0.1, 0.15) is 5.56 Å². The Morgan fingerprint density at radius 2 is 2.24 bits per heavy atom. The topological polar surface area (TPSA) is 44.8 Å². The van der Waals surface area contributed by atoms with Crippen molar-refractivity contribution in [3.8, 4) is 0 Å². The first-order valence-corrected chi connectivity index (χ1v) is 6.41. The third kappa shape index (κ3) is 2.68. The highest BCUT2D eigenvalue weighted by Gasteiger charge is 2.42. The largest absolute Gasteiger partial charge is 0.465 e. The van der Waals surface area contributed by atoms with Gasteiger partial charge in [0.2, 0.25) is 5.79 Å². The lowest BCUT2D eigenvalue weighted by atomic mass is 10.1. The molecule has 5 heteroatoms. The summed E-state index contributed by atoms with van der Waals surface area (Å²) in [5, 5.41) is 0.529. The second-order valence-electron chi connectivity index (χ2n) is 3.73. The van der Waals surface area contributed by atoms with Crippen LogP contribution in [0.3, 0.4) is 0 Å². The molecular weight excluding hydrogens is 288 g/mol. The molecular formula is C12H13BrO4. The summed E-state index contributed by atoms with van der Waals surface area (Å²) in [5.41, 5.74) is 0.950. The lowest BCUT2D eigenvalue weighted by Crippen LogP contribution is -2.30. The van der Waals surface area contributed by atoms with Gasteiger partial charge in [0, 0.05) is 5.56 Å². The molecule has 1 aliphatic rings. The van der Waals surface area contributed by atoms with Crippen molar-refractivity contribution >= 4 is 22.4 Å². The predicted molar refractivity (Wildman–Crippen MR) is 64.8 cm³/mol. The molecule has 1 aromatic carbocycles. The Balaban J connectivity index is 2.10. The molecule has 0 bridgehead atoms. The number of ether oxygens (including phenoxy) is 3. The summed E-state index contributed by atoms with van der Waals surface area (Å²) in [6.45, 7) is 1.04. The maximum Gasteiger partial charge on any atom is 0.293 e. The Bertz CT molecular complexity index is 370. The quantitative estimate of drug-likeness (QED) is 0.615. The van der Waals surface area contributed by atoms with Gasteiger partial charge in [0.25, 0.3) is 6.47 Å². The summed E-state index contributed by atoms with van der Waals surface area (Å²) >= 11 is 3.41. The molecule has 0 saturated carbocycles. The first kappa shape index (κ1) is 12.5. The van der Waals surface area contributed by atoms with E-state index in [0.717, 1.165) is 5.56 Å². The van der Waals surface area contributed by atoms with Crippen molar-refractivity contribution < 1.29 is 19.0 Å². The van der Waals surface area contributed by atoms with Crippen molar-refractivity contribution in [2.24, 2.45) is 0 Å². The van der Waals surface area contributed by atoms with E-state index in [1.165, 1.54) is 0 Å². The fourth-order valence-corrected chi connectivity index (χ4v) is 2.40. The summed E-state index contributed by atoms with van der Waals surface area (Å²) in [6, 6.07) is 9.70. The lowest BCUT2D eigenvalue weighted by molar-refractivity contribution is -0.164. The van der Waals surface area contributed by atoms with Gasteiger partial charge in [-0.25, -0.2) is 0 Å². The van der Waals surface area contributed by atoms with E-state index < -0.39 is 5.79 Å². The standard InChI is InChI=1S/C12H13BrO4/c13-8-12(10-4-2-1-3-5-10)16-7-11(17-12)6-15-9-14/h1-5,9,11H,6-8H2/t11-,12+/m1/s1. The minimum Gasteiger partial charge on any atom is -0.465 e. The molecule has 2 atom stereocenters. The summed E-state index contributed by atoms with van der Waals surface area (Å²) in [5.74, 6) is -0.780. The summed E-state index contributed by atoms with van der Waals surface area (Å²) < 4.78 is 16.2. The molecule has 0 spiro atoms. The van der Waals surface area contributed by atoms with Gasteiger partial charge in [0.15, 0.2) is 0 Å². The Hall–Kier alpha value is -0.910. The molecule has 92 valence electrons. The van der Waals surface area contributed by atoms with Crippen LogP contribution in [-0.2, 0) is 24.8 Å². The lowest BCUT2D eigenvalue weighted by Gasteiger charge is -2.26. The summed E-state index contributed by atoms with van der Waals surface area (Å²) in [6.07, 6.45) is -0.224. The fraction of sp³-hybridized carbons (Fsp3) is 0.417. The monoisotopic (exact) mass is 300 g/mol. The predicted octanol–water partition coefficient (Wildman–Crippen LogP) is 1.82. The van der Waals surface area contributed by atoms with Crippen LogP contribution < -0.4 is 0 Å². The van der Waals surface area contributed by atoms with E-state index in [2.05, 4.69) is 15.9 Å². The Morgan fingerprint density at radius 3 is 2.88 bits per heavy atom. The maximum atomic E-state index is 10.1. The van der Waals surface area contributed by atoms with Gasteiger partial charge in [-0.05, 0) is 0 Å². The first-order valence-electron chi connectivity index (χ1n) is 5.29. The SMILES string of the molecule is O=COC[C@@H]1CO[C@](CBr)(c2ccccc2)O1. The normalized spacial score (nSPS) is 27.9. The van der Waals surface area contributed by atoms with E-state index in [0.29, 0.717) is 18.4 Å². The van der Waals surface area contributed by atoms with Crippen molar-refractivity contribution in [3.05, 3.63) is 35.9 Å². The smallest absolute Gasteiger partial charge is 0.293 e. The van der Waals surface area contributed by atoms with E-state index in [4.69, 9.17) is 14.2 Å². The second-order valence-corrected chi connectivity index (χ2v) is 4.29. The van der Waals surface area contributed by atoms with Crippen LogP contribution in [0.5, 0.6) is 0 Å². The van der Waals surface area contributed by atoms with E-state index in [1.54, 1.807) is 0 Å². The Kier molecular flexibility index (Phi) is 4.15. The van der Waals surface area contributed by atoms with Crippen LogP contribution in [0, 0.1) is 0 Å². The van der Waals surface area contributed by atoms with Crippen molar-refractivity contribution in [2.45, 2.75) is 11.9 Å². The van der Waals surface area contributed by atoms with Crippen LogP contribution in [0.2, 0.25) is 0 Å². The molecule has 17 heavy (non-hydrogen) atoms. The van der Waals surface area contributed by atoms with Crippen LogP contribution in [-0.4, -0.2) is 31.1 Å². The fourth-order valence-electron chi connectivity index (χ4n) is 1.78. The minimum atomic E-state index is -0.780. The minimum absolute atomic E-state index is 0.213. The van der Waals surface area contributed by atoms with Crippen LogP contribution in [0.15, 0.2) is 30.3 Å². The van der Waals surface area contributed by atoms with E-state index in [9.17, 15) is 4.79 Å². The van der Waals surface area contributed by atoms with Crippen LogP contribution >= 0.6 is 15.9 Å². The van der Waals surface area contributed by atoms with Gasteiger partial charge in [-0.1, -0.05) is 46.3 Å². The zero-order chi connectivity index (χ0) is 12.1. The highest BCUT2D eigenvalue weighted by Crippen LogP contribution is 2.35. The first-order chi connectivity index (χ1) is 8.30. The van der Waals surface area contributed by atoms with Crippen LogP contribution in [0.25, 0.3) is 0 Å². The number of rotatable bonds is 5. The average Bonchev–Trinajstić information content (AvgIpc) is 2.82.